The number of Topliss-reactive ketones (excluding diaryl/α,β-unsaturated/α-hetero) is 1. The lowest BCUT2D eigenvalue weighted by molar-refractivity contribution is -0.160. The highest BCUT2D eigenvalue weighted by molar-refractivity contribution is 7.91. The van der Waals surface area contributed by atoms with Crippen molar-refractivity contribution in [1.82, 2.24) is 16.0 Å². The van der Waals surface area contributed by atoms with Gasteiger partial charge in [-0.3, -0.25) is 19.7 Å². The molecule has 2 aliphatic carbocycles. The third kappa shape index (κ3) is 8.05. The Kier molecular flexibility index (Phi) is 7.96. The largest absolute Gasteiger partial charge is 0.407 e. The van der Waals surface area contributed by atoms with Crippen LogP contribution < -0.4 is 16.0 Å². The van der Waals surface area contributed by atoms with Crippen LogP contribution in [-0.2, 0) is 24.2 Å². The van der Waals surface area contributed by atoms with E-state index in [0.29, 0.717) is 12.8 Å². The average Bonchev–Trinajstić information content (AvgIpc) is 3.66. The number of carbonyl (C=O) groups is 3. The highest BCUT2D eigenvalue weighted by atomic mass is 32.2. The van der Waals surface area contributed by atoms with E-state index in [1.165, 1.54) is 0 Å². The monoisotopic (exact) mass is 507 g/mol. The molecule has 1 aromatic carbocycles. The molecule has 8 nitrogen and oxygen atoms in total. The molecule has 0 aliphatic heterocycles. The van der Waals surface area contributed by atoms with Crippen molar-refractivity contribution in [3.63, 3.8) is 0 Å². The van der Waals surface area contributed by atoms with Crippen LogP contribution in [-0.4, -0.2) is 62.3 Å². The Morgan fingerprint density at radius 2 is 1.65 bits per heavy atom. The van der Waals surface area contributed by atoms with Crippen molar-refractivity contribution in [1.29, 1.82) is 0 Å². The Morgan fingerprint density at radius 3 is 2.18 bits per heavy atom. The summed E-state index contributed by atoms with van der Waals surface area (Å²) in [6.07, 6.45) is -2.16. The van der Waals surface area contributed by atoms with Gasteiger partial charge in [-0.1, -0.05) is 12.1 Å². The molecule has 2 fully saturated rings. The lowest BCUT2D eigenvalue weighted by Gasteiger charge is -2.27. The number of sulfone groups is 1. The van der Waals surface area contributed by atoms with Crippen molar-refractivity contribution in [2.24, 2.45) is 5.92 Å². The lowest BCUT2D eigenvalue weighted by atomic mass is 10.1. The first-order valence-electron chi connectivity index (χ1n) is 10.7. The number of alkyl halides is 3. The molecular formula is C21H25F4N3O5S. The molecule has 0 saturated heterocycles. The fourth-order valence-corrected chi connectivity index (χ4v) is 5.21. The number of amides is 2. The quantitative estimate of drug-likeness (QED) is 0.289. The number of benzene rings is 1. The van der Waals surface area contributed by atoms with Crippen LogP contribution in [0.3, 0.4) is 0 Å². The molecular weight excluding hydrogens is 482 g/mol. The van der Waals surface area contributed by atoms with E-state index in [1.54, 1.807) is 0 Å². The van der Waals surface area contributed by atoms with E-state index in [-0.39, 0.29) is 17.7 Å². The Balaban J connectivity index is 1.75. The maximum Gasteiger partial charge on any atom is 0.407 e. The first kappa shape index (κ1) is 26.1. The molecule has 0 radical (unpaired) electrons. The van der Waals surface area contributed by atoms with Crippen molar-refractivity contribution in [2.75, 3.05) is 18.1 Å². The summed E-state index contributed by atoms with van der Waals surface area (Å²) >= 11 is 0. The predicted octanol–water partition coefficient (Wildman–Crippen LogP) is 1.18. The normalized spacial score (nSPS) is 18.1. The van der Waals surface area contributed by atoms with Crippen LogP contribution in [0.25, 0.3) is 0 Å². The summed E-state index contributed by atoms with van der Waals surface area (Å²) in [5.41, 5.74) is -0.425. The van der Waals surface area contributed by atoms with Gasteiger partial charge in [0.25, 0.3) is 5.91 Å². The molecule has 2 unspecified atom stereocenters. The van der Waals surface area contributed by atoms with Gasteiger partial charge in [0, 0.05) is 6.04 Å². The third-order valence-electron chi connectivity index (χ3n) is 5.41. The maximum atomic E-state index is 13.8. The summed E-state index contributed by atoms with van der Waals surface area (Å²) in [5, 5.41) is 6.51. The van der Waals surface area contributed by atoms with Crippen LogP contribution in [0, 0.1) is 11.7 Å². The van der Waals surface area contributed by atoms with Gasteiger partial charge in [0.05, 0.1) is 18.1 Å². The van der Waals surface area contributed by atoms with Crippen LogP contribution in [0.2, 0.25) is 0 Å². The van der Waals surface area contributed by atoms with E-state index in [1.807, 2.05) is 5.32 Å². The van der Waals surface area contributed by atoms with Gasteiger partial charge in [0.15, 0.2) is 9.84 Å². The molecule has 2 aliphatic rings. The number of hydrogen-bond acceptors (Lipinski definition) is 6. The number of carbonyl (C=O) groups excluding carboxylic acids is 3. The highest BCUT2D eigenvalue weighted by Gasteiger charge is 2.44. The molecule has 3 N–H and O–H groups in total. The van der Waals surface area contributed by atoms with Crippen LogP contribution >= 0.6 is 0 Å². The molecule has 0 aromatic heterocycles. The second-order valence-corrected chi connectivity index (χ2v) is 10.8. The first-order valence-corrected chi connectivity index (χ1v) is 12.6. The van der Waals surface area contributed by atoms with Gasteiger partial charge in [-0.15, -0.1) is 0 Å². The van der Waals surface area contributed by atoms with E-state index < -0.39 is 69.4 Å². The van der Waals surface area contributed by atoms with Gasteiger partial charge in [0.2, 0.25) is 11.7 Å². The molecule has 0 spiro atoms. The molecule has 2 amide bonds. The van der Waals surface area contributed by atoms with Crippen molar-refractivity contribution in [3.05, 3.63) is 35.6 Å². The van der Waals surface area contributed by atoms with Crippen molar-refractivity contribution in [2.45, 2.75) is 50.0 Å². The van der Waals surface area contributed by atoms with E-state index in [9.17, 15) is 40.4 Å². The average molecular weight is 508 g/mol. The van der Waals surface area contributed by atoms with E-state index in [2.05, 4.69) is 10.6 Å². The zero-order chi connectivity index (χ0) is 25.1. The molecule has 0 heterocycles. The van der Waals surface area contributed by atoms with Crippen LogP contribution in [0.15, 0.2) is 24.3 Å². The van der Waals surface area contributed by atoms with Gasteiger partial charge in [-0.2, -0.15) is 13.2 Å². The molecule has 1 aromatic rings. The summed E-state index contributed by atoms with van der Waals surface area (Å²) in [6, 6.07) is -1.09. The first-order chi connectivity index (χ1) is 15.8. The summed E-state index contributed by atoms with van der Waals surface area (Å²) < 4.78 is 79.6. The molecule has 2 atom stereocenters. The fourth-order valence-electron chi connectivity index (χ4n) is 3.27. The second kappa shape index (κ2) is 10.4. The predicted molar refractivity (Wildman–Crippen MR) is 113 cm³/mol. The SMILES string of the molecule is O=C(CNC(=O)C(CS(=O)(=O)CC1CC1)NC(c1ccc(F)cc1)C(F)(F)F)C(=O)NC1CC1. The van der Waals surface area contributed by atoms with Gasteiger partial charge in [-0.25, -0.2) is 12.8 Å². The highest BCUT2D eigenvalue weighted by Crippen LogP contribution is 2.34. The minimum absolute atomic E-state index is 0.100. The van der Waals surface area contributed by atoms with Gasteiger partial charge in [0.1, 0.15) is 17.9 Å². The summed E-state index contributed by atoms with van der Waals surface area (Å²) in [6.45, 7) is -0.800. The van der Waals surface area contributed by atoms with E-state index >= 15 is 0 Å². The Labute approximate surface area is 193 Å². The molecule has 2 saturated carbocycles. The molecule has 13 heteroatoms. The van der Waals surface area contributed by atoms with Crippen molar-refractivity contribution >= 4 is 27.4 Å². The smallest absolute Gasteiger partial charge is 0.347 e. The molecule has 0 bridgehead atoms. The fraction of sp³-hybridized carbons (Fsp3) is 0.571. The minimum atomic E-state index is -4.95. The molecule has 188 valence electrons. The van der Waals surface area contributed by atoms with Crippen LogP contribution in [0.1, 0.15) is 37.3 Å². The maximum absolute atomic E-state index is 13.8. The minimum Gasteiger partial charge on any atom is -0.347 e. The standard InChI is InChI=1S/C21H25F4N3O5S/c22-14-5-3-13(4-6-14)18(21(23,24)25)28-16(11-34(32,33)10-12-1-2-12)19(30)26-9-17(29)20(31)27-15-7-8-15/h3-6,12,15-16,18,28H,1-2,7-11H2,(H,26,30)(H,27,31). The zero-order valence-electron chi connectivity index (χ0n) is 18.0. The van der Waals surface area contributed by atoms with Gasteiger partial charge >= 0.3 is 6.18 Å². The van der Waals surface area contributed by atoms with Gasteiger partial charge in [-0.05, 0) is 49.3 Å². The summed E-state index contributed by atoms with van der Waals surface area (Å²) in [5.74, 6) is -5.20. The number of rotatable bonds is 12. The van der Waals surface area contributed by atoms with E-state index in [0.717, 1.165) is 37.1 Å². The number of nitrogens with one attached hydrogen (secondary N) is 3. The van der Waals surface area contributed by atoms with Crippen molar-refractivity contribution in [3.8, 4) is 0 Å². The third-order valence-corrected chi connectivity index (χ3v) is 7.23. The Morgan fingerprint density at radius 1 is 1.03 bits per heavy atom. The summed E-state index contributed by atoms with van der Waals surface area (Å²) in [7, 11) is -3.92. The van der Waals surface area contributed by atoms with E-state index in [4.69, 9.17) is 0 Å². The number of hydrogen-bond donors (Lipinski definition) is 3. The summed E-state index contributed by atoms with van der Waals surface area (Å²) in [4.78, 5) is 36.4. The zero-order valence-corrected chi connectivity index (χ0v) is 18.8. The number of halogens is 4. The van der Waals surface area contributed by atoms with Crippen molar-refractivity contribution < 1.29 is 40.4 Å². The lowest BCUT2D eigenvalue weighted by Crippen LogP contribution is -2.53. The number of ketones is 1. The topological polar surface area (TPSA) is 121 Å². The Hall–Kier alpha value is -2.54. The molecule has 3 rings (SSSR count). The second-order valence-electron chi connectivity index (χ2n) is 8.65. The van der Waals surface area contributed by atoms with Crippen LogP contribution in [0.4, 0.5) is 17.6 Å². The molecule has 34 heavy (non-hydrogen) atoms. The van der Waals surface area contributed by atoms with Crippen LogP contribution in [0.5, 0.6) is 0 Å². The Bertz CT molecular complexity index is 1020. The van der Waals surface area contributed by atoms with Gasteiger partial charge < -0.3 is 10.6 Å².